The molecule has 5 rings (SSSR count). The van der Waals surface area contributed by atoms with Gasteiger partial charge in [0.2, 0.25) is 0 Å². The van der Waals surface area contributed by atoms with Crippen molar-refractivity contribution in [3.05, 3.63) is 59.2 Å². The van der Waals surface area contributed by atoms with Gasteiger partial charge in [-0.05, 0) is 44.4 Å². The minimum absolute atomic E-state index is 0.154. The van der Waals surface area contributed by atoms with E-state index in [1.165, 1.54) is 29.2 Å². The number of likely N-dealkylation sites (tertiary alicyclic amines) is 1. The van der Waals surface area contributed by atoms with Gasteiger partial charge in [-0.25, -0.2) is 12.8 Å². The highest BCUT2D eigenvalue weighted by Crippen LogP contribution is 2.57. The molecule has 0 aromatic heterocycles. The molecular formula is C28H28F7NO5S. The van der Waals surface area contributed by atoms with Crippen LogP contribution in [0.4, 0.5) is 30.7 Å². The Morgan fingerprint density at radius 1 is 0.929 bits per heavy atom. The summed E-state index contributed by atoms with van der Waals surface area (Å²) < 4.78 is 128. The first kappa shape index (κ1) is 30.6. The molecule has 14 heteroatoms. The summed E-state index contributed by atoms with van der Waals surface area (Å²) in [5.74, 6) is -1.38. The number of rotatable bonds is 4. The van der Waals surface area contributed by atoms with Crippen molar-refractivity contribution < 1.29 is 53.8 Å². The summed E-state index contributed by atoms with van der Waals surface area (Å²) in [5.41, 5.74) is -8.88. The number of aliphatic hydroxyl groups is 1. The molecule has 1 N–H and O–H groups in total. The van der Waals surface area contributed by atoms with Crippen LogP contribution >= 0.6 is 0 Å². The second-order valence-corrected chi connectivity index (χ2v) is 13.4. The first-order chi connectivity index (χ1) is 19.4. The maximum Gasteiger partial charge on any atom is 0.435 e. The van der Waals surface area contributed by atoms with E-state index in [4.69, 9.17) is 4.74 Å². The Bertz CT molecular complexity index is 1470. The molecule has 0 bridgehead atoms. The lowest BCUT2D eigenvalue weighted by Gasteiger charge is -2.44. The van der Waals surface area contributed by atoms with Gasteiger partial charge in [0, 0.05) is 17.7 Å². The summed E-state index contributed by atoms with van der Waals surface area (Å²) in [6.07, 6.45) is -10.8. The highest BCUT2D eigenvalue weighted by Gasteiger charge is 2.74. The molecule has 2 aromatic carbocycles. The number of halogens is 7. The van der Waals surface area contributed by atoms with Crippen LogP contribution in [0, 0.1) is 6.92 Å². The molecule has 230 valence electrons. The van der Waals surface area contributed by atoms with Crippen molar-refractivity contribution in [2.45, 2.75) is 84.8 Å². The molecule has 2 fully saturated rings. The second-order valence-electron chi connectivity index (χ2n) is 11.2. The van der Waals surface area contributed by atoms with Gasteiger partial charge in [0.25, 0.3) is 5.91 Å². The van der Waals surface area contributed by atoms with E-state index in [1.807, 2.05) is 0 Å². The Morgan fingerprint density at radius 3 is 2.10 bits per heavy atom. The molecular weight excluding hydrogens is 595 g/mol. The van der Waals surface area contributed by atoms with Crippen LogP contribution in [0.15, 0.2) is 47.4 Å². The summed E-state index contributed by atoms with van der Waals surface area (Å²) in [4.78, 5) is 14.7. The lowest BCUT2D eigenvalue weighted by Crippen LogP contribution is -2.59. The number of sulfone groups is 1. The third kappa shape index (κ3) is 4.30. The Balaban J connectivity index is 1.69. The zero-order chi connectivity index (χ0) is 30.9. The largest absolute Gasteiger partial charge is 0.491 e. The number of nitrogens with zero attached hydrogens (tertiary/aromatic N) is 1. The standard InChI is InChI=1S/C28H28F7NO5S/c1-17-5-8-19(9-6-17)42(39,40)25-13-14-36(23(37)24(38)11-3-2-4-12-24)22(25)16-41-21-15-18(7-10-20(21)25)26(29,27(30,31)32)28(33,34)35/h5-10,15,22,38H,2-4,11-14,16H2,1H3. The maximum atomic E-state index is 14.9. The van der Waals surface area contributed by atoms with Crippen LogP contribution in [0.25, 0.3) is 0 Å². The van der Waals surface area contributed by atoms with Crippen molar-refractivity contribution in [1.29, 1.82) is 0 Å². The van der Waals surface area contributed by atoms with E-state index < -0.39 is 68.1 Å². The first-order valence-electron chi connectivity index (χ1n) is 13.4. The van der Waals surface area contributed by atoms with E-state index >= 15 is 0 Å². The maximum absolute atomic E-state index is 14.9. The number of carbonyl (C=O) groups excluding carboxylic acids is 1. The van der Waals surface area contributed by atoms with Crippen LogP contribution in [-0.2, 0) is 25.0 Å². The summed E-state index contributed by atoms with van der Waals surface area (Å²) in [6.45, 7) is 0.911. The van der Waals surface area contributed by atoms with Gasteiger partial charge in [-0.2, -0.15) is 26.3 Å². The third-order valence-electron chi connectivity index (χ3n) is 8.80. The van der Waals surface area contributed by atoms with Crippen LogP contribution in [0.5, 0.6) is 5.75 Å². The number of fused-ring (bicyclic) bond motifs is 3. The Labute approximate surface area is 237 Å². The molecule has 0 spiro atoms. The fourth-order valence-corrected chi connectivity index (χ4v) is 8.80. The molecule has 0 radical (unpaired) electrons. The summed E-state index contributed by atoms with van der Waals surface area (Å²) in [6, 6.07) is 5.61. The van der Waals surface area contributed by atoms with E-state index in [-0.39, 0.29) is 48.4 Å². The quantitative estimate of drug-likeness (QED) is 0.446. The molecule has 2 atom stereocenters. The second kappa shape index (κ2) is 9.83. The predicted octanol–water partition coefficient (Wildman–Crippen LogP) is 5.64. The number of benzene rings is 2. The van der Waals surface area contributed by atoms with Crippen molar-refractivity contribution in [3.63, 3.8) is 0 Å². The highest BCUT2D eigenvalue weighted by molar-refractivity contribution is 7.92. The molecule has 1 saturated carbocycles. The molecule has 1 aliphatic carbocycles. The minimum Gasteiger partial charge on any atom is -0.491 e. The summed E-state index contributed by atoms with van der Waals surface area (Å²) in [7, 11) is -4.51. The van der Waals surface area contributed by atoms with Gasteiger partial charge < -0.3 is 14.7 Å². The number of alkyl halides is 7. The fraction of sp³-hybridized carbons (Fsp3) is 0.536. The Kier molecular flexibility index (Phi) is 7.16. The number of aryl methyl sites for hydroxylation is 1. The number of ether oxygens (including phenoxy) is 1. The van der Waals surface area contributed by atoms with Gasteiger partial charge in [-0.15, -0.1) is 0 Å². The summed E-state index contributed by atoms with van der Waals surface area (Å²) in [5, 5.41) is 11.2. The molecule has 1 amide bonds. The molecule has 2 aromatic rings. The summed E-state index contributed by atoms with van der Waals surface area (Å²) >= 11 is 0. The van der Waals surface area contributed by atoms with Crippen LogP contribution in [-0.4, -0.2) is 61.5 Å². The fourth-order valence-electron chi connectivity index (χ4n) is 6.51. The highest BCUT2D eigenvalue weighted by atomic mass is 32.2. The number of carbonyl (C=O) groups is 1. The Hall–Kier alpha value is -2.87. The minimum atomic E-state index is -6.38. The van der Waals surface area contributed by atoms with Gasteiger partial charge in [-0.3, -0.25) is 4.79 Å². The van der Waals surface area contributed by atoms with Crippen LogP contribution in [0.3, 0.4) is 0 Å². The predicted molar refractivity (Wildman–Crippen MR) is 135 cm³/mol. The van der Waals surface area contributed by atoms with Crippen molar-refractivity contribution >= 4 is 15.7 Å². The van der Waals surface area contributed by atoms with E-state index in [0.29, 0.717) is 18.9 Å². The van der Waals surface area contributed by atoms with Crippen molar-refractivity contribution in [2.75, 3.05) is 13.2 Å². The van der Waals surface area contributed by atoms with Crippen LogP contribution in [0.1, 0.15) is 55.2 Å². The van der Waals surface area contributed by atoms with E-state index in [9.17, 15) is 49.1 Å². The number of amides is 1. The van der Waals surface area contributed by atoms with Gasteiger partial charge in [0.15, 0.2) is 9.84 Å². The number of hydrogen-bond donors (Lipinski definition) is 1. The normalized spacial score (nSPS) is 24.5. The van der Waals surface area contributed by atoms with E-state index in [1.54, 1.807) is 6.92 Å². The molecule has 2 heterocycles. The van der Waals surface area contributed by atoms with Crippen LogP contribution < -0.4 is 4.74 Å². The average molecular weight is 624 g/mol. The molecule has 2 aliphatic heterocycles. The van der Waals surface area contributed by atoms with E-state index in [0.717, 1.165) is 12.0 Å². The molecule has 1 saturated heterocycles. The smallest absolute Gasteiger partial charge is 0.435 e. The molecule has 6 nitrogen and oxygen atoms in total. The monoisotopic (exact) mass is 623 g/mol. The van der Waals surface area contributed by atoms with E-state index in [2.05, 4.69) is 0 Å². The Morgan fingerprint density at radius 2 is 1.52 bits per heavy atom. The first-order valence-corrected chi connectivity index (χ1v) is 14.8. The zero-order valence-corrected chi connectivity index (χ0v) is 23.2. The van der Waals surface area contributed by atoms with Crippen LogP contribution in [0.2, 0.25) is 0 Å². The molecule has 42 heavy (non-hydrogen) atoms. The number of hydrogen-bond acceptors (Lipinski definition) is 5. The lowest BCUT2D eigenvalue weighted by molar-refractivity contribution is -0.348. The van der Waals surface area contributed by atoms with Crippen molar-refractivity contribution in [2.24, 2.45) is 0 Å². The van der Waals surface area contributed by atoms with Crippen molar-refractivity contribution in [1.82, 2.24) is 4.90 Å². The van der Waals surface area contributed by atoms with Gasteiger partial charge in [0.1, 0.15) is 22.7 Å². The molecule has 3 aliphatic rings. The van der Waals surface area contributed by atoms with Gasteiger partial charge in [0.05, 0.1) is 10.9 Å². The van der Waals surface area contributed by atoms with Gasteiger partial charge >= 0.3 is 18.0 Å². The molecule has 2 unspecified atom stereocenters. The third-order valence-corrected chi connectivity index (χ3v) is 11.4. The SMILES string of the molecule is Cc1ccc(S(=O)(=O)C23CCN(C(=O)C4(O)CCCCC4)C2COc2cc(C(F)(C(F)(F)F)C(F)(F)F)ccc23)cc1. The zero-order valence-electron chi connectivity index (χ0n) is 22.4. The average Bonchev–Trinajstić information content (AvgIpc) is 3.33. The lowest BCUT2D eigenvalue weighted by atomic mass is 9.82. The van der Waals surface area contributed by atoms with Gasteiger partial charge in [-0.1, -0.05) is 49.1 Å². The van der Waals surface area contributed by atoms with Crippen molar-refractivity contribution in [3.8, 4) is 5.75 Å². The topological polar surface area (TPSA) is 83.9 Å².